The van der Waals surface area contributed by atoms with Gasteiger partial charge >= 0.3 is 5.97 Å². The fraction of sp³-hybridized carbons (Fsp3) is 0.536. The number of unbranched alkanes of at least 4 members (excludes halogenated alkanes) is 4. The van der Waals surface area contributed by atoms with Gasteiger partial charge in [-0.15, -0.1) is 0 Å². The maximum absolute atomic E-state index is 12.3. The van der Waals surface area contributed by atoms with Crippen molar-refractivity contribution < 1.29 is 19.0 Å². The van der Waals surface area contributed by atoms with Crippen LogP contribution in [0.15, 0.2) is 48.5 Å². The van der Waals surface area contributed by atoms with E-state index in [1.54, 1.807) is 7.11 Å². The van der Waals surface area contributed by atoms with Crippen LogP contribution in [0.1, 0.15) is 56.6 Å². The van der Waals surface area contributed by atoms with Crippen molar-refractivity contribution in [1.82, 2.24) is 4.90 Å². The number of esters is 1. The quantitative estimate of drug-likeness (QED) is 0.240. The van der Waals surface area contributed by atoms with Gasteiger partial charge in [-0.25, -0.2) is 0 Å². The summed E-state index contributed by atoms with van der Waals surface area (Å²) in [6, 6.07) is 16.3. The average molecular weight is 456 g/mol. The Morgan fingerprint density at radius 2 is 1.67 bits per heavy atom. The fourth-order valence-corrected chi connectivity index (χ4v) is 3.75. The highest BCUT2D eigenvalue weighted by molar-refractivity contribution is 5.69. The maximum atomic E-state index is 12.3. The fourth-order valence-electron chi connectivity index (χ4n) is 3.75. The summed E-state index contributed by atoms with van der Waals surface area (Å²) >= 11 is 0. The molecule has 0 aliphatic carbocycles. The molecule has 0 radical (unpaired) electrons. The normalized spacial score (nSPS) is 11.9. The van der Waals surface area contributed by atoms with Crippen molar-refractivity contribution in [3.8, 4) is 11.5 Å². The first kappa shape index (κ1) is 26.7. The Kier molecular flexibility index (Phi) is 12.4. The highest BCUT2D eigenvalue weighted by Gasteiger charge is 2.17. The molecule has 2 aromatic rings. The molecule has 5 nitrogen and oxygen atoms in total. The molecule has 0 saturated carbocycles. The molecule has 0 spiro atoms. The van der Waals surface area contributed by atoms with Crippen molar-refractivity contribution in [3.63, 3.8) is 0 Å². The van der Waals surface area contributed by atoms with Crippen LogP contribution in [0.3, 0.4) is 0 Å². The molecule has 0 amide bonds. The van der Waals surface area contributed by atoms with Crippen LogP contribution < -0.4 is 9.47 Å². The third kappa shape index (κ3) is 10.8. The summed E-state index contributed by atoms with van der Waals surface area (Å²) in [7, 11) is 5.64. The van der Waals surface area contributed by atoms with Crippen molar-refractivity contribution in [2.45, 2.75) is 64.4 Å². The average Bonchev–Trinajstić information content (AvgIpc) is 2.81. The summed E-state index contributed by atoms with van der Waals surface area (Å²) in [6.07, 6.45) is 7.56. The summed E-state index contributed by atoms with van der Waals surface area (Å²) in [4.78, 5) is 14.4. The lowest BCUT2D eigenvalue weighted by molar-refractivity contribution is -0.151. The molecule has 2 rings (SSSR count). The van der Waals surface area contributed by atoms with Gasteiger partial charge in [-0.05, 0) is 62.7 Å². The Hall–Kier alpha value is -2.53. The van der Waals surface area contributed by atoms with E-state index < -0.39 is 0 Å². The van der Waals surface area contributed by atoms with Crippen LogP contribution in [-0.2, 0) is 22.4 Å². The van der Waals surface area contributed by atoms with E-state index in [1.165, 1.54) is 24.8 Å². The minimum Gasteiger partial charge on any atom is -0.497 e. The summed E-state index contributed by atoms with van der Waals surface area (Å²) in [5.74, 6) is 1.59. The zero-order valence-corrected chi connectivity index (χ0v) is 20.8. The molecular formula is C28H41NO4. The van der Waals surface area contributed by atoms with Crippen molar-refractivity contribution in [1.29, 1.82) is 0 Å². The van der Waals surface area contributed by atoms with Crippen molar-refractivity contribution in [2.75, 3.05) is 34.4 Å². The summed E-state index contributed by atoms with van der Waals surface area (Å²) in [5, 5.41) is 0. The Balaban J connectivity index is 1.88. The lowest BCUT2D eigenvalue weighted by Crippen LogP contribution is -2.35. The van der Waals surface area contributed by atoms with Crippen molar-refractivity contribution in [2.24, 2.45) is 0 Å². The molecule has 0 aliphatic rings. The Morgan fingerprint density at radius 1 is 0.939 bits per heavy atom. The molecule has 0 aromatic heterocycles. The molecule has 0 fully saturated rings. The standard InChI is InChI=1S/C28H41NO4/c1-5-6-7-8-9-14-28(30)33-26(21-29(2)3)22-32-27-13-11-10-12-24(27)18-15-23-16-19-25(31-4)20-17-23/h10-13,16-17,19-20,26H,5-9,14-15,18,21-22H2,1-4H3/t26-/m1/s1. The number of ether oxygens (including phenoxy) is 3. The SMILES string of the molecule is CCCCCCCC(=O)O[C@@H](COc1ccccc1CCc1ccc(OC)cc1)CN(C)C. The van der Waals surface area contributed by atoms with Crippen LogP contribution in [0, 0.1) is 0 Å². The summed E-state index contributed by atoms with van der Waals surface area (Å²) in [6.45, 7) is 3.17. The van der Waals surface area contributed by atoms with E-state index >= 15 is 0 Å². The third-order valence-corrected chi connectivity index (χ3v) is 5.59. The first-order chi connectivity index (χ1) is 16.0. The van der Waals surface area contributed by atoms with Gasteiger partial charge in [-0.2, -0.15) is 0 Å². The van der Waals surface area contributed by atoms with Crippen molar-refractivity contribution in [3.05, 3.63) is 59.7 Å². The molecule has 0 unspecified atom stereocenters. The van der Waals surface area contributed by atoms with Gasteiger partial charge in [0.25, 0.3) is 0 Å². The minimum atomic E-state index is -0.294. The van der Waals surface area contributed by atoms with E-state index in [9.17, 15) is 4.79 Å². The third-order valence-electron chi connectivity index (χ3n) is 5.59. The number of carbonyl (C=O) groups excluding carboxylic acids is 1. The van der Waals surface area contributed by atoms with Gasteiger partial charge < -0.3 is 19.1 Å². The van der Waals surface area contributed by atoms with E-state index in [-0.39, 0.29) is 12.1 Å². The Morgan fingerprint density at radius 3 is 2.36 bits per heavy atom. The molecule has 0 bridgehead atoms. The van der Waals surface area contributed by atoms with Gasteiger partial charge in [0, 0.05) is 13.0 Å². The molecule has 5 heteroatoms. The first-order valence-electron chi connectivity index (χ1n) is 12.2. The second-order valence-electron chi connectivity index (χ2n) is 8.81. The van der Waals surface area contributed by atoms with E-state index in [2.05, 4.69) is 25.1 Å². The van der Waals surface area contributed by atoms with Crippen LogP contribution in [0.2, 0.25) is 0 Å². The lowest BCUT2D eigenvalue weighted by atomic mass is 10.0. The van der Waals surface area contributed by atoms with E-state index in [0.29, 0.717) is 19.6 Å². The number of benzene rings is 2. The highest BCUT2D eigenvalue weighted by atomic mass is 16.6. The molecule has 0 heterocycles. The molecule has 0 aliphatic heterocycles. The molecule has 33 heavy (non-hydrogen) atoms. The van der Waals surface area contributed by atoms with Crippen LogP contribution >= 0.6 is 0 Å². The number of aryl methyl sites for hydroxylation is 2. The van der Waals surface area contributed by atoms with Crippen molar-refractivity contribution >= 4 is 5.97 Å². The predicted octanol–water partition coefficient (Wildman–Crippen LogP) is 5.69. The topological polar surface area (TPSA) is 48.0 Å². The number of nitrogens with zero attached hydrogens (tertiary/aromatic N) is 1. The minimum absolute atomic E-state index is 0.130. The largest absolute Gasteiger partial charge is 0.497 e. The van der Waals surface area contributed by atoms with Crippen LogP contribution in [0.4, 0.5) is 0 Å². The lowest BCUT2D eigenvalue weighted by Gasteiger charge is -2.22. The number of hydrogen-bond acceptors (Lipinski definition) is 5. The number of para-hydroxylation sites is 1. The monoisotopic (exact) mass is 455 g/mol. The summed E-state index contributed by atoms with van der Waals surface area (Å²) in [5.41, 5.74) is 2.41. The van der Waals surface area contributed by atoms with Gasteiger partial charge in [0.15, 0.2) is 0 Å². The van der Waals surface area contributed by atoms with E-state index in [4.69, 9.17) is 14.2 Å². The number of rotatable bonds is 16. The molecule has 0 saturated heterocycles. The van der Waals surface area contributed by atoms with Gasteiger partial charge in [-0.3, -0.25) is 4.79 Å². The second-order valence-corrected chi connectivity index (χ2v) is 8.81. The number of likely N-dealkylation sites (N-methyl/N-ethyl adjacent to an activating group) is 1. The highest BCUT2D eigenvalue weighted by Crippen LogP contribution is 2.21. The van der Waals surface area contributed by atoms with E-state index in [1.807, 2.05) is 49.3 Å². The van der Waals surface area contributed by atoms with Crippen LogP contribution in [0.5, 0.6) is 11.5 Å². The van der Waals surface area contributed by atoms with Gasteiger partial charge in [0.1, 0.15) is 24.2 Å². The molecule has 0 N–H and O–H groups in total. The first-order valence-corrected chi connectivity index (χ1v) is 12.2. The van der Waals surface area contributed by atoms with Gasteiger partial charge in [0.05, 0.1) is 7.11 Å². The van der Waals surface area contributed by atoms with Gasteiger partial charge in [-0.1, -0.05) is 62.9 Å². The van der Waals surface area contributed by atoms with Gasteiger partial charge in [0.2, 0.25) is 0 Å². The smallest absolute Gasteiger partial charge is 0.306 e. The maximum Gasteiger partial charge on any atom is 0.306 e. The molecule has 182 valence electrons. The predicted molar refractivity (Wildman–Crippen MR) is 134 cm³/mol. The zero-order valence-electron chi connectivity index (χ0n) is 20.8. The van der Waals surface area contributed by atoms with Crippen LogP contribution in [-0.4, -0.2) is 51.3 Å². The Bertz CT molecular complexity index is 804. The second kappa shape index (κ2) is 15.3. The summed E-state index contributed by atoms with van der Waals surface area (Å²) < 4.78 is 17.2. The van der Waals surface area contributed by atoms with E-state index in [0.717, 1.165) is 42.7 Å². The molecular weight excluding hydrogens is 414 g/mol. The Labute approximate surface area is 200 Å². The number of methoxy groups -OCH3 is 1. The number of hydrogen-bond donors (Lipinski definition) is 0. The molecule has 1 atom stereocenters. The molecule has 2 aromatic carbocycles. The van der Waals surface area contributed by atoms with Crippen LogP contribution in [0.25, 0.3) is 0 Å². The number of carbonyl (C=O) groups is 1. The zero-order chi connectivity index (χ0) is 23.9.